The van der Waals surface area contributed by atoms with Crippen molar-refractivity contribution in [3.63, 3.8) is 0 Å². The number of sulfone groups is 1. The van der Waals surface area contributed by atoms with E-state index in [1.807, 2.05) is 0 Å². The molecule has 4 amide bonds. The van der Waals surface area contributed by atoms with Gasteiger partial charge in [-0.05, 0) is 6.03 Å². The first-order valence-corrected chi connectivity index (χ1v) is 5.02. The van der Waals surface area contributed by atoms with Crippen LogP contribution in [0.25, 0.3) is 10.6 Å². The molecule has 0 bridgehead atoms. The van der Waals surface area contributed by atoms with Gasteiger partial charge in [0.25, 0.3) is 0 Å². The van der Waals surface area contributed by atoms with Gasteiger partial charge < -0.3 is 25.0 Å². The maximum absolute atomic E-state index is 10.8. The molecule has 1 aliphatic rings. The summed E-state index contributed by atoms with van der Waals surface area (Å²) in [5, 5.41) is 3.53. The molecule has 0 aromatic carbocycles. The van der Waals surface area contributed by atoms with Crippen LogP contribution >= 0.6 is 0 Å². The van der Waals surface area contributed by atoms with Crippen molar-refractivity contribution in [3.8, 4) is 0 Å². The third-order valence-electron chi connectivity index (χ3n) is 1.29. The quantitative estimate of drug-likeness (QED) is 0.339. The minimum absolute atomic E-state index is 0. The predicted octanol–water partition coefficient (Wildman–Crippen LogP) is -6.66. The molecule has 0 radical (unpaired) electrons. The van der Waals surface area contributed by atoms with Crippen LogP contribution < -0.4 is 59.1 Å². The molecule has 72 valence electrons. The smallest absolute Gasteiger partial charge is 0.610 e. The standard InChI is InChI=1S/C5H6N2O5S.2Na/c1-13(11,12)2-3(8)6-5(10)7-4(2)9;;/h2H,1H3,(H2,6,7,8,9,10);;/q;2*+1/p-2. The van der Waals surface area contributed by atoms with Crippen LogP contribution in [0.2, 0.25) is 0 Å². The monoisotopic (exact) mass is 250 g/mol. The second kappa shape index (κ2) is 6.33. The number of amides is 4. The second-order valence-electron chi connectivity index (χ2n) is 2.39. The van der Waals surface area contributed by atoms with E-state index in [0.717, 1.165) is 0 Å². The summed E-state index contributed by atoms with van der Waals surface area (Å²) >= 11 is 0. The van der Waals surface area contributed by atoms with Gasteiger partial charge in [0.15, 0.2) is 9.84 Å². The average Bonchev–Trinajstić information content (AvgIpc) is 1.78. The molecule has 0 aromatic rings. The van der Waals surface area contributed by atoms with Crippen LogP contribution in [0.1, 0.15) is 0 Å². The zero-order valence-corrected chi connectivity index (χ0v) is 13.2. The van der Waals surface area contributed by atoms with Gasteiger partial charge in [-0.15, -0.1) is 0 Å². The van der Waals surface area contributed by atoms with Crippen LogP contribution in [-0.4, -0.2) is 37.8 Å². The van der Waals surface area contributed by atoms with Gasteiger partial charge in [-0.25, -0.2) is 8.42 Å². The Balaban J connectivity index is 0. The third-order valence-corrected chi connectivity index (χ3v) is 2.55. The number of carbonyl (C=O) groups excluding carboxylic acids is 3. The first kappa shape index (κ1) is 17.9. The van der Waals surface area contributed by atoms with Crippen molar-refractivity contribution >= 4 is 27.7 Å². The van der Waals surface area contributed by atoms with Crippen LogP contribution in [0.5, 0.6) is 0 Å². The van der Waals surface area contributed by atoms with Crippen LogP contribution in [0.4, 0.5) is 4.79 Å². The van der Waals surface area contributed by atoms with Crippen molar-refractivity contribution in [2.45, 2.75) is 5.25 Å². The number of barbiturate groups is 1. The fourth-order valence-corrected chi connectivity index (χ4v) is 1.64. The number of urea groups is 1. The molecule has 0 aliphatic carbocycles. The van der Waals surface area contributed by atoms with Gasteiger partial charge in [0.1, 0.15) is 5.25 Å². The number of hydrogen-bond donors (Lipinski definition) is 0. The summed E-state index contributed by atoms with van der Waals surface area (Å²) in [6.07, 6.45) is 0.703. The van der Waals surface area contributed by atoms with Gasteiger partial charge in [-0.2, -0.15) is 0 Å². The predicted molar refractivity (Wildman–Crippen MR) is 40.8 cm³/mol. The van der Waals surface area contributed by atoms with Crippen LogP contribution in [0.15, 0.2) is 0 Å². The van der Waals surface area contributed by atoms with Crippen molar-refractivity contribution in [2.24, 2.45) is 0 Å². The van der Waals surface area contributed by atoms with E-state index in [4.69, 9.17) is 0 Å². The molecule has 0 saturated carbocycles. The fraction of sp³-hybridized carbons (Fsp3) is 0.400. The maximum Gasteiger partial charge on any atom is 1.00 e. The SMILES string of the molecule is CS(=O)(=O)C1C(=O)[N-]C(=O)[N-]C1=O.[Na+].[Na+]. The minimum atomic E-state index is -3.89. The average molecular weight is 250 g/mol. The van der Waals surface area contributed by atoms with Crippen molar-refractivity contribution in [1.82, 2.24) is 0 Å². The van der Waals surface area contributed by atoms with Gasteiger partial charge in [0.2, 0.25) is 0 Å². The van der Waals surface area contributed by atoms with Gasteiger partial charge in [0.05, 0.1) is 11.8 Å². The van der Waals surface area contributed by atoms with Crippen LogP contribution in [0.3, 0.4) is 0 Å². The van der Waals surface area contributed by atoms with E-state index in [1.165, 1.54) is 0 Å². The third kappa shape index (κ3) is 4.51. The first-order chi connectivity index (χ1) is 5.82. The van der Waals surface area contributed by atoms with E-state index in [1.54, 1.807) is 0 Å². The molecule has 10 heteroatoms. The number of rotatable bonds is 1. The van der Waals surface area contributed by atoms with Gasteiger partial charge >= 0.3 is 59.1 Å². The van der Waals surface area contributed by atoms with Crippen molar-refractivity contribution in [2.75, 3.05) is 6.26 Å². The van der Waals surface area contributed by atoms with Gasteiger partial charge in [0, 0.05) is 6.26 Å². The molecule has 0 atom stereocenters. The fourth-order valence-electron chi connectivity index (χ4n) is 0.803. The Labute approximate surface area is 130 Å². The molecule has 15 heavy (non-hydrogen) atoms. The summed E-state index contributed by atoms with van der Waals surface area (Å²) in [5.41, 5.74) is 0. The number of nitrogens with zero attached hydrogens (tertiary/aromatic N) is 2. The van der Waals surface area contributed by atoms with Gasteiger partial charge in [-0.3, -0.25) is 0 Å². The van der Waals surface area contributed by atoms with Crippen molar-refractivity contribution < 1.29 is 81.9 Å². The molecule has 7 nitrogen and oxygen atoms in total. The molecule has 0 N–H and O–H groups in total. The number of carbonyl (C=O) groups is 3. The molecule has 1 saturated heterocycles. The molecule has 0 spiro atoms. The molecule has 1 heterocycles. The zero-order chi connectivity index (χ0) is 10.2. The Bertz CT molecular complexity index is 372. The van der Waals surface area contributed by atoms with E-state index in [2.05, 4.69) is 10.6 Å². The number of imide groups is 2. The summed E-state index contributed by atoms with van der Waals surface area (Å²) in [4.78, 5) is 32.0. The Morgan fingerprint density at radius 3 is 1.60 bits per heavy atom. The summed E-state index contributed by atoms with van der Waals surface area (Å²) in [6.45, 7) is 0. The van der Waals surface area contributed by atoms with Crippen LogP contribution in [-0.2, 0) is 19.4 Å². The Morgan fingerprint density at radius 2 is 1.33 bits per heavy atom. The van der Waals surface area contributed by atoms with Gasteiger partial charge in [-0.1, -0.05) is 0 Å². The minimum Gasteiger partial charge on any atom is -0.610 e. The van der Waals surface area contributed by atoms with E-state index in [0.29, 0.717) is 6.26 Å². The van der Waals surface area contributed by atoms with E-state index in [-0.39, 0.29) is 59.1 Å². The molecule has 1 fully saturated rings. The van der Waals surface area contributed by atoms with E-state index < -0.39 is 32.9 Å². The molecular formula is C5H4N2Na2O5S. The topological polar surface area (TPSA) is 114 Å². The van der Waals surface area contributed by atoms with E-state index >= 15 is 0 Å². The summed E-state index contributed by atoms with van der Waals surface area (Å²) in [5.74, 6) is -2.54. The van der Waals surface area contributed by atoms with E-state index in [9.17, 15) is 22.8 Å². The largest absolute Gasteiger partial charge is 1.00 e. The summed E-state index contributed by atoms with van der Waals surface area (Å²) < 4.78 is 21.7. The molecule has 1 aliphatic heterocycles. The molecule has 0 unspecified atom stereocenters. The molecule has 1 rings (SSSR count). The Morgan fingerprint density at radius 1 is 1.00 bits per heavy atom. The molecular weight excluding hydrogens is 246 g/mol. The Hall–Kier alpha value is 0.560. The maximum atomic E-state index is 10.8. The zero-order valence-electron chi connectivity index (χ0n) is 8.42. The summed E-state index contributed by atoms with van der Waals surface area (Å²) in [6, 6.07) is -1.25. The molecule has 0 aromatic heterocycles. The normalized spacial score (nSPS) is 17.0. The van der Waals surface area contributed by atoms with Crippen molar-refractivity contribution in [1.29, 1.82) is 0 Å². The summed E-state index contributed by atoms with van der Waals surface area (Å²) in [7, 11) is -3.89. The van der Waals surface area contributed by atoms with Crippen molar-refractivity contribution in [3.05, 3.63) is 10.6 Å². The first-order valence-electron chi connectivity index (χ1n) is 3.06. The second-order valence-corrected chi connectivity index (χ2v) is 4.52. The Kier molecular flexibility index (Phi) is 7.57. The van der Waals surface area contributed by atoms with Crippen LogP contribution in [0, 0.1) is 0 Å². The number of hydrogen-bond acceptors (Lipinski definition) is 5.